The molecule has 118 valence electrons. The highest BCUT2D eigenvalue weighted by Crippen LogP contribution is 2.28. The van der Waals surface area contributed by atoms with Gasteiger partial charge in [-0.2, -0.15) is 0 Å². The smallest absolute Gasteiger partial charge is 0.129 e. The van der Waals surface area contributed by atoms with Gasteiger partial charge in [0.1, 0.15) is 5.82 Å². The summed E-state index contributed by atoms with van der Waals surface area (Å²) in [7, 11) is 0. The summed E-state index contributed by atoms with van der Waals surface area (Å²) < 4.78 is 14.2. The largest absolute Gasteiger partial charge is 0.393 e. The van der Waals surface area contributed by atoms with Crippen molar-refractivity contribution in [2.45, 2.75) is 39.8 Å². The number of nitrogens with zero attached hydrogens (tertiary/aromatic N) is 1. The van der Waals surface area contributed by atoms with E-state index in [9.17, 15) is 9.50 Å². The second kappa shape index (κ2) is 7.23. The molecule has 0 saturated carbocycles. The molecule has 0 radical (unpaired) electrons. The summed E-state index contributed by atoms with van der Waals surface area (Å²) in [6.07, 6.45) is 0.508. The van der Waals surface area contributed by atoms with E-state index in [-0.39, 0.29) is 17.8 Å². The molecule has 0 aliphatic carbocycles. The van der Waals surface area contributed by atoms with Crippen LogP contribution in [0.25, 0.3) is 0 Å². The fourth-order valence-electron chi connectivity index (χ4n) is 2.86. The summed E-state index contributed by atoms with van der Waals surface area (Å²) in [5.41, 5.74) is 1.70. The van der Waals surface area contributed by atoms with Gasteiger partial charge in [-0.1, -0.05) is 26.8 Å². The van der Waals surface area contributed by atoms with E-state index in [4.69, 9.17) is 0 Å². The van der Waals surface area contributed by atoms with Crippen molar-refractivity contribution in [1.29, 1.82) is 0 Å². The van der Waals surface area contributed by atoms with Crippen LogP contribution in [0.1, 0.15) is 32.8 Å². The molecule has 0 bridgehead atoms. The second-order valence-corrected chi connectivity index (χ2v) is 6.54. The first kappa shape index (κ1) is 16.2. The van der Waals surface area contributed by atoms with Gasteiger partial charge in [-0.15, -0.1) is 0 Å². The quantitative estimate of drug-likeness (QED) is 0.876. The number of aliphatic hydroxyl groups excluding tert-OH is 1. The predicted molar refractivity (Wildman–Crippen MR) is 84.9 cm³/mol. The lowest BCUT2D eigenvalue weighted by molar-refractivity contribution is 0.0970. The Morgan fingerprint density at radius 2 is 2.19 bits per heavy atom. The first-order chi connectivity index (χ1) is 9.99. The lowest BCUT2D eigenvalue weighted by Gasteiger charge is -2.37. The van der Waals surface area contributed by atoms with Crippen molar-refractivity contribution in [3.63, 3.8) is 0 Å². The number of rotatable bonds is 5. The molecule has 0 amide bonds. The van der Waals surface area contributed by atoms with Gasteiger partial charge in [0.05, 0.1) is 6.10 Å². The highest BCUT2D eigenvalue weighted by molar-refractivity contribution is 5.54. The molecular weight excluding hydrogens is 267 g/mol. The molecule has 4 heteroatoms. The third-order valence-electron chi connectivity index (χ3n) is 4.15. The molecule has 2 N–H and O–H groups in total. The third-order valence-corrected chi connectivity index (χ3v) is 4.15. The van der Waals surface area contributed by atoms with Crippen molar-refractivity contribution in [1.82, 2.24) is 5.32 Å². The van der Waals surface area contributed by atoms with Crippen LogP contribution in [-0.2, 0) is 6.54 Å². The molecule has 1 aromatic rings. The Labute approximate surface area is 127 Å². The van der Waals surface area contributed by atoms with Crippen LogP contribution < -0.4 is 10.2 Å². The number of benzene rings is 1. The van der Waals surface area contributed by atoms with Crippen molar-refractivity contribution >= 4 is 5.69 Å². The van der Waals surface area contributed by atoms with E-state index >= 15 is 0 Å². The molecule has 1 aliphatic heterocycles. The summed E-state index contributed by atoms with van der Waals surface area (Å²) in [4.78, 5) is 2.20. The zero-order chi connectivity index (χ0) is 15.4. The molecular formula is C17H27FN2O. The van der Waals surface area contributed by atoms with Crippen LogP contribution in [0.5, 0.6) is 0 Å². The van der Waals surface area contributed by atoms with Gasteiger partial charge in [-0.05, 0) is 36.9 Å². The number of nitrogens with one attached hydrogen (secondary N) is 1. The van der Waals surface area contributed by atoms with Gasteiger partial charge in [-0.3, -0.25) is 0 Å². The lowest BCUT2D eigenvalue weighted by atomic mass is 9.95. The van der Waals surface area contributed by atoms with Crippen LogP contribution in [0.4, 0.5) is 10.1 Å². The second-order valence-electron chi connectivity index (χ2n) is 6.54. The molecule has 1 aliphatic rings. The van der Waals surface area contributed by atoms with E-state index in [1.807, 2.05) is 13.0 Å². The number of hydrogen-bond acceptors (Lipinski definition) is 3. The van der Waals surface area contributed by atoms with Gasteiger partial charge < -0.3 is 15.3 Å². The minimum Gasteiger partial charge on any atom is -0.393 e. The van der Waals surface area contributed by atoms with Crippen molar-refractivity contribution in [2.75, 3.05) is 24.5 Å². The average Bonchev–Trinajstić information content (AvgIpc) is 2.43. The standard InChI is InChI=1S/C17H27FN2O/c1-12(2)9-19-10-14-15(18)5-4-6-16(14)20-8-7-17(21)13(3)11-20/h4-6,12-13,17,19,21H,7-11H2,1-3H3. The van der Waals surface area contributed by atoms with Crippen molar-refractivity contribution in [2.24, 2.45) is 11.8 Å². The Kier molecular flexibility index (Phi) is 5.59. The molecule has 2 atom stereocenters. The molecule has 0 aromatic heterocycles. The molecule has 0 spiro atoms. The molecule has 21 heavy (non-hydrogen) atoms. The van der Waals surface area contributed by atoms with E-state index in [0.29, 0.717) is 12.5 Å². The number of halogens is 1. The zero-order valence-electron chi connectivity index (χ0n) is 13.3. The van der Waals surface area contributed by atoms with E-state index in [0.717, 1.165) is 37.3 Å². The van der Waals surface area contributed by atoms with E-state index in [2.05, 4.69) is 24.1 Å². The molecule has 1 saturated heterocycles. The van der Waals surface area contributed by atoms with Gasteiger partial charge in [-0.25, -0.2) is 4.39 Å². The summed E-state index contributed by atoms with van der Waals surface area (Å²) in [6, 6.07) is 5.28. The molecule has 3 nitrogen and oxygen atoms in total. The van der Waals surface area contributed by atoms with Crippen LogP contribution >= 0.6 is 0 Å². The van der Waals surface area contributed by atoms with Crippen molar-refractivity contribution < 1.29 is 9.50 Å². The maximum Gasteiger partial charge on any atom is 0.129 e. The highest BCUT2D eigenvalue weighted by atomic mass is 19.1. The molecule has 1 fully saturated rings. The third kappa shape index (κ3) is 4.17. The van der Waals surface area contributed by atoms with Gasteiger partial charge in [0, 0.05) is 30.9 Å². The molecule has 2 unspecified atom stereocenters. The maximum atomic E-state index is 14.2. The summed E-state index contributed by atoms with van der Waals surface area (Å²) in [5, 5.41) is 13.2. The van der Waals surface area contributed by atoms with Crippen LogP contribution in [0.15, 0.2) is 18.2 Å². The number of hydrogen-bond donors (Lipinski definition) is 2. The van der Waals surface area contributed by atoms with E-state index in [1.165, 1.54) is 6.07 Å². The van der Waals surface area contributed by atoms with E-state index < -0.39 is 0 Å². The fourth-order valence-corrected chi connectivity index (χ4v) is 2.86. The minimum absolute atomic E-state index is 0.150. The maximum absolute atomic E-state index is 14.2. The predicted octanol–water partition coefficient (Wildman–Crippen LogP) is 2.78. The normalized spacial score (nSPS) is 22.9. The lowest BCUT2D eigenvalue weighted by Crippen LogP contribution is -2.42. The molecule has 1 aromatic carbocycles. The Morgan fingerprint density at radius 3 is 2.86 bits per heavy atom. The fraction of sp³-hybridized carbons (Fsp3) is 0.647. The summed E-state index contributed by atoms with van der Waals surface area (Å²) in [5.74, 6) is 0.617. The topological polar surface area (TPSA) is 35.5 Å². The number of piperidine rings is 1. The Hall–Kier alpha value is -1.13. The van der Waals surface area contributed by atoms with Crippen LogP contribution in [0.3, 0.4) is 0 Å². The van der Waals surface area contributed by atoms with Crippen LogP contribution in [-0.4, -0.2) is 30.8 Å². The summed E-state index contributed by atoms with van der Waals surface area (Å²) >= 11 is 0. The van der Waals surface area contributed by atoms with Gasteiger partial charge in [0.25, 0.3) is 0 Å². The van der Waals surface area contributed by atoms with Gasteiger partial charge >= 0.3 is 0 Å². The van der Waals surface area contributed by atoms with Gasteiger partial charge in [0.15, 0.2) is 0 Å². The Bertz CT molecular complexity index is 464. The Morgan fingerprint density at radius 1 is 1.43 bits per heavy atom. The van der Waals surface area contributed by atoms with Crippen LogP contribution in [0, 0.1) is 17.7 Å². The van der Waals surface area contributed by atoms with Gasteiger partial charge in [0.2, 0.25) is 0 Å². The van der Waals surface area contributed by atoms with E-state index in [1.54, 1.807) is 6.07 Å². The Balaban J connectivity index is 2.13. The first-order valence-corrected chi connectivity index (χ1v) is 7.90. The average molecular weight is 294 g/mol. The van der Waals surface area contributed by atoms with Crippen molar-refractivity contribution in [3.05, 3.63) is 29.6 Å². The zero-order valence-corrected chi connectivity index (χ0v) is 13.3. The SMILES string of the molecule is CC(C)CNCc1c(F)cccc1N1CCC(O)C(C)C1. The number of aliphatic hydroxyl groups is 1. The number of anilines is 1. The summed E-state index contributed by atoms with van der Waals surface area (Å²) in [6.45, 7) is 9.32. The highest BCUT2D eigenvalue weighted by Gasteiger charge is 2.26. The first-order valence-electron chi connectivity index (χ1n) is 7.90. The molecule has 2 rings (SSSR count). The monoisotopic (exact) mass is 294 g/mol. The minimum atomic E-state index is -0.239. The van der Waals surface area contributed by atoms with Crippen LogP contribution in [0.2, 0.25) is 0 Å². The molecule has 1 heterocycles. The van der Waals surface area contributed by atoms with Crippen molar-refractivity contribution in [3.8, 4) is 0 Å².